The monoisotopic (exact) mass is 284 g/mol. The van der Waals surface area contributed by atoms with E-state index in [0.717, 1.165) is 22.4 Å². The minimum atomic E-state index is -0.0624. The Morgan fingerprint density at radius 2 is 1.81 bits per heavy atom. The van der Waals surface area contributed by atoms with Gasteiger partial charge < -0.3 is 15.7 Å². The lowest BCUT2D eigenvalue weighted by Gasteiger charge is -2.08. The van der Waals surface area contributed by atoms with Gasteiger partial charge in [-0.2, -0.15) is 0 Å². The van der Waals surface area contributed by atoms with Crippen LogP contribution in [0.3, 0.4) is 0 Å². The average Bonchev–Trinajstić information content (AvgIpc) is 2.48. The molecule has 2 rings (SSSR count). The predicted octanol–water partition coefficient (Wildman–Crippen LogP) is 2.22. The maximum atomic E-state index is 11.8. The first-order valence-electron chi connectivity index (χ1n) is 6.93. The summed E-state index contributed by atoms with van der Waals surface area (Å²) >= 11 is 0. The van der Waals surface area contributed by atoms with Crippen LogP contribution in [0.1, 0.15) is 16.7 Å². The quantitative estimate of drug-likeness (QED) is 0.762. The Morgan fingerprint density at radius 1 is 1.10 bits per heavy atom. The number of carbonyl (C=O) groups excluding carboxylic acids is 1. The van der Waals surface area contributed by atoms with Gasteiger partial charge in [-0.05, 0) is 35.7 Å². The minimum Gasteiger partial charge on any atom is -0.392 e. The molecule has 4 nitrogen and oxygen atoms in total. The van der Waals surface area contributed by atoms with Crippen molar-refractivity contribution in [2.45, 2.75) is 20.1 Å². The van der Waals surface area contributed by atoms with E-state index in [0.29, 0.717) is 6.54 Å². The molecule has 0 aliphatic carbocycles. The number of aliphatic hydroxyl groups is 1. The number of anilines is 1. The molecular formula is C17H20N2O2. The van der Waals surface area contributed by atoms with Crippen LogP contribution in [0.5, 0.6) is 0 Å². The van der Waals surface area contributed by atoms with Crippen molar-refractivity contribution in [3.63, 3.8) is 0 Å². The fourth-order valence-corrected chi connectivity index (χ4v) is 2.01. The largest absolute Gasteiger partial charge is 0.392 e. The van der Waals surface area contributed by atoms with E-state index in [1.165, 1.54) is 0 Å². The van der Waals surface area contributed by atoms with Gasteiger partial charge in [-0.1, -0.05) is 36.4 Å². The van der Waals surface area contributed by atoms with E-state index >= 15 is 0 Å². The molecule has 0 aliphatic heterocycles. The van der Waals surface area contributed by atoms with Gasteiger partial charge >= 0.3 is 0 Å². The second kappa shape index (κ2) is 7.57. The third kappa shape index (κ3) is 5.02. The Kier molecular flexibility index (Phi) is 5.49. The Hall–Kier alpha value is -2.17. The number of carbonyl (C=O) groups is 1. The number of amides is 1. The van der Waals surface area contributed by atoms with Gasteiger partial charge in [0, 0.05) is 12.2 Å². The summed E-state index contributed by atoms with van der Waals surface area (Å²) in [5.74, 6) is -0.0624. The van der Waals surface area contributed by atoms with E-state index in [1.54, 1.807) is 0 Å². The minimum absolute atomic E-state index is 0.0482. The molecule has 0 radical (unpaired) electrons. The molecule has 0 saturated heterocycles. The molecule has 0 aromatic heterocycles. The molecule has 0 aliphatic rings. The van der Waals surface area contributed by atoms with E-state index in [9.17, 15) is 4.79 Å². The van der Waals surface area contributed by atoms with E-state index < -0.39 is 0 Å². The van der Waals surface area contributed by atoms with Crippen LogP contribution in [0, 0.1) is 6.92 Å². The molecule has 0 bridgehead atoms. The first kappa shape index (κ1) is 15.2. The van der Waals surface area contributed by atoms with Crippen LogP contribution in [0.2, 0.25) is 0 Å². The van der Waals surface area contributed by atoms with Gasteiger partial charge in [0.05, 0.1) is 13.2 Å². The Balaban J connectivity index is 1.76. The zero-order valence-electron chi connectivity index (χ0n) is 12.1. The van der Waals surface area contributed by atoms with E-state index in [4.69, 9.17) is 5.11 Å². The van der Waals surface area contributed by atoms with Gasteiger partial charge in [0.1, 0.15) is 0 Å². The number of benzene rings is 2. The van der Waals surface area contributed by atoms with Gasteiger partial charge in [-0.3, -0.25) is 4.79 Å². The predicted molar refractivity (Wildman–Crippen MR) is 83.9 cm³/mol. The highest BCUT2D eigenvalue weighted by atomic mass is 16.3. The number of hydrogen-bond donors (Lipinski definition) is 3. The van der Waals surface area contributed by atoms with Crippen molar-refractivity contribution in [2.24, 2.45) is 0 Å². The summed E-state index contributed by atoms with van der Waals surface area (Å²) in [4.78, 5) is 11.8. The molecule has 110 valence electrons. The summed E-state index contributed by atoms with van der Waals surface area (Å²) in [6.07, 6.45) is 0. The highest BCUT2D eigenvalue weighted by Crippen LogP contribution is 2.09. The SMILES string of the molecule is Cc1cccc(NC(=O)CNCc2ccc(CO)cc2)c1. The van der Waals surface area contributed by atoms with Gasteiger partial charge in [0.25, 0.3) is 0 Å². The van der Waals surface area contributed by atoms with Crippen LogP contribution in [-0.2, 0) is 17.9 Å². The molecule has 1 amide bonds. The number of aliphatic hydroxyl groups excluding tert-OH is 1. The molecule has 0 unspecified atom stereocenters. The number of aryl methyl sites for hydroxylation is 1. The van der Waals surface area contributed by atoms with Crippen LogP contribution >= 0.6 is 0 Å². The summed E-state index contributed by atoms with van der Waals surface area (Å²) in [6, 6.07) is 15.4. The molecule has 21 heavy (non-hydrogen) atoms. The summed E-state index contributed by atoms with van der Waals surface area (Å²) in [5, 5.41) is 14.9. The topological polar surface area (TPSA) is 61.4 Å². The van der Waals surface area contributed by atoms with Crippen molar-refractivity contribution in [1.29, 1.82) is 0 Å². The maximum Gasteiger partial charge on any atom is 0.238 e. The fourth-order valence-electron chi connectivity index (χ4n) is 2.01. The molecule has 4 heteroatoms. The van der Waals surface area contributed by atoms with Crippen LogP contribution in [-0.4, -0.2) is 17.6 Å². The van der Waals surface area contributed by atoms with E-state index in [-0.39, 0.29) is 19.1 Å². The van der Waals surface area contributed by atoms with Gasteiger partial charge in [0.15, 0.2) is 0 Å². The second-order valence-corrected chi connectivity index (χ2v) is 5.00. The highest BCUT2D eigenvalue weighted by Gasteiger charge is 2.02. The number of hydrogen-bond acceptors (Lipinski definition) is 3. The standard InChI is InChI=1S/C17H20N2O2/c1-13-3-2-4-16(9-13)19-17(21)11-18-10-14-5-7-15(12-20)8-6-14/h2-9,18,20H,10-12H2,1H3,(H,19,21). The first-order valence-corrected chi connectivity index (χ1v) is 6.93. The molecule has 0 fully saturated rings. The van der Waals surface area contributed by atoms with E-state index in [2.05, 4.69) is 10.6 Å². The molecule has 0 saturated carbocycles. The Bertz CT molecular complexity index is 594. The van der Waals surface area contributed by atoms with Crippen molar-refractivity contribution < 1.29 is 9.90 Å². The normalized spacial score (nSPS) is 10.4. The second-order valence-electron chi connectivity index (χ2n) is 5.00. The molecule has 0 atom stereocenters. The van der Waals surface area contributed by atoms with Crippen molar-refractivity contribution in [1.82, 2.24) is 5.32 Å². The lowest BCUT2D eigenvalue weighted by Crippen LogP contribution is -2.27. The van der Waals surface area contributed by atoms with Crippen molar-refractivity contribution in [3.8, 4) is 0 Å². The molecule has 3 N–H and O–H groups in total. The fraction of sp³-hybridized carbons (Fsp3) is 0.235. The lowest BCUT2D eigenvalue weighted by atomic mass is 10.1. The molecule has 2 aromatic carbocycles. The van der Waals surface area contributed by atoms with Crippen LogP contribution < -0.4 is 10.6 Å². The third-order valence-electron chi connectivity index (χ3n) is 3.12. The molecule has 0 spiro atoms. The Labute approximate surface area is 124 Å². The smallest absolute Gasteiger partial charge is 0.238 e. The summed E-state index contributed by atoms with van der Waals surface area (Å²) in [5.41, 5.74) is 3.89. The lowest BCUT2D eigenvalue weighted by molar-refractivity contribution is -0.115. The zero-order chi connectivity index (χ0) is 15.1. The van der Waals surface area contributed by atoms with Crippen molar-refractivity contribution in [2.75, 3.05) is 11.9 Å². The molecule has 2 aromatic rings. The van der Waals surface area contributed by atoms with Crippen LogP contribution in [0.4, 0.5) is 5.69 Å². The van der Waals surface area contributed by atoms with Gasteiger partial charge in [-0.15, -0.1) is 0 Å². The number of rotatable bonds is 6. The van der Waals surface area contributed by atoms with Crippen LogP contribution in [0.15, 0.2) is 48.5 Å². The zero-order valence-corrected chi connectivity index (χ0v) is 12.1. The number of nitrogens with one attached hydrogen (secondary N) is 2. The van der Waals surface area contributed by atoms with Gasteiger partial charge in [-0.25, -0.2) is 0 Å². The third-order valence-corrected chi connectivity index (χ3v) is 3.12. The maximum absolute atomic E-state index is 11.8. The van der Waals surface area contributed by atoms with Crippen molar-refractivity contribution in [3.05, 3.63) is 65.2 Å². The summed E-state index contributed by atoms with van der Waals surface area (Å²) in [6.45, 7) is 2.92. The van der Waals surface area contributed by atoms with E-state index in [1.807, 2.05) is 55.5 Å². The molecule has 0 heterocycles. The summed E-state index contributed by atoms with van der Waals surface area (Å²) in [7, 11) is 0. The molecular weight excluding hydrogens is 264 g/mol. The van der Waals surface area contributed by atoms with Gasteiger partial charge in [0.2, 0.25) is 5.91 Å². The van der Waals surface area contributed by atoms with Crippen molar-refractivity contribution >= 4 is 11.6 Å². The highest BCUT2D eigenvalue weighted by molar-refractivity contribution is 5.92. The average molecular weight is 284 g/mol. The van der Waals surface area contributed by atoms with Crippen LogP contribution in [0.25, 0.3) is 0 Å². The summed E-state index contributed by atoms with van der Waals surface area (Å²) < 4.78 is 0. The first-order chi connectivity index (χ1) is 10.2. The Morgan fingerprint density at radius 3 is 2.48 bits per heavy atom.